The number of piperidine rings is 1. The van der Waals surface area contributed by atoms with Gasteiger partial charge in [0.2, 0.25) is 0 Å². The van der Waals surface area contributed by atoms with E-state index in [1.165, 1.54) is 0 Å². The van der Waals surface area contributed by atoms with E-state index in [1.54, 1.807) is 10.6 Å². The maximum Gasteiger partial charge on any atom is 0.276 e. The van der Waals surface area contributed by atoms with E-state index in [4.69, 9.17) is 4.52 Å². The zero-order valence-corrected chi connectivity index (χ0v) is 16.8. The Morgan fingerprint density at radius 2 is 1.97 bits per heavy atom. The van der Waals surface area contributed by atoms with Crippen LogP contribution in [0.15, 0.2) is 21.5 Å². The Hall–Kier alpha value is -2.90. The number of rotatable bonds is 4. The molecule has 1 amide bonds. The van der Waals surface area contributed by atoms with Crippen molar-refractivity contribution < 1.29 is 9.32 Å². The van der Waals surface area contributed by atoms with Crippen LogP contribution >= 0.6 is 0 Å². The average molecular weight is 395 g/mol. The van der Waals surface area contributed by atoms with E-state index >= 15 is 0 Å². The normalized spacial score (nSPS) is 17.9. The first-order valence-electron chi connectivity index (χ1n) is 10.4. The number of carbonyl (C=O) groups is 1. The number of H-pyrrole nitrogens is 1. The Labute approximate surface area is 167 Å². The van der Waals surface area contributed by atoms with Crippen LogP contribution in [0.2, 0.25) is 0 Å². The monoisotopic (exact) mass is 395 g/mol. The molecule has 0 unspecified atom stereocenters. The molecule has 2 aliphatic rings. The van der Waals surface area contributed by atoms with E-state index in [1.807, 2.05) is 24.8 Å². The highest BCUT2D eigenvalue weighted by atomic mass is 16.5. The summed E-state index contributed by atoms with van der Waals surface area (Å²) >= 11 is 0. The molecule has 1 saturated heterocycles. The summed E-state index contributed by atoms with van der Waals surface area (Å²) in [4.78, 5) is 31.8. The van der Waals surface area contributed by atoms with Gasteiger partial charge in [0.1, 0.15) is 5.76 Å². The Morgan fingerprint density at radius 3 is 2.66 bits per heavy atom. The van der Waals surface area contributed by atoms with Crippen LogP contribution in [0.3, 0.4) is 0 Å². The smallest absolute Gasteiger partial charge is 0.276 e. The molecule has 0 bridgehead atoms. The van der Waals surface area contributed by atoms with Crippen molar-refractivity contribution >= 4 is 11.6 Å². The van der Waals surface area contributed by atoms with Crippen LogP contribution < -0.4 is 5.56 Å². The van der Waals surface area contributed by atoms with Gasteiger partial charge in [0.15, 0.2) is 11.3 Å². The summed E-state index contributed by atoms with van der Waals surface area (Å²) in [5, 5.41) is 7.22. The number of fused-ring (bicyclic) bond motifs is 1. The van der Waals surface area contributed by atoms with Crippen LogP contribution in [-0.4, -0.2) is 43.7 Å². The number of nitrogens with zero attached hydrogens (tertiary/aromatic N) is 4. The predicted octanol–water partition coefficient (Wildman–Crippen LogP) is 2.78. The summed E-state index contributed by atoms with van der Waals surface area (Å²) in [6, 6.07) is 3.77. The third-order valence-corrected chi connectivity index (χ3v) is 6.24. The summed E-state index contributed by atoms with van der Waals surface area (Å²) in [6.45, 7) is 5.17. The van der Waals surface area contributed by atoms with Crippen molar-refractivity contribution in [3.63, 3.8) is 0 Å². The van der Waals surface area contributed by atoms with Gasteiger partial charge >= 0.3 is 0 Å². The lowest BCUT2D eigenvalue weighted by molar-refractivity contribution is 0.0701. The molecule has 152 valence electrons. The second kappa shape index (κ2) is 6.86. The number of aryl methyl sites for hydroxylation is 1. The third kappa shape index (κ3) is 3.16. The van der Waals surface area contributed by atoms with Gasteiger partial charge in [-0.05, 0) is 39.0 Å². The van der Waals surface area contributed by atoms with Crippen LogP contribution in [0.25, 0.3) is 5.65 Å². The predicted molar refractivity (Wildman–Crippen MR) is 106 cm³/mol. The first kappa shape index (κ1) is 18.1. The van der Waals surface area contributed by atoms with Crippen molar-refractivity contribution in [2.45, 2.75) is 57.8 Å². The molecule has 1 aliphatic heterocycles. The first-order chi connectivity index (χ1) is 14.0. The number of hydrogen-bond acceptors (Lipinski definition) is 5. The standard InChI is InChI=1S/C21H25N5O3/c1-3-15-12(2)22-19-11-16(23-26(19)20(15)27)13-6-8-25(9-7-13)21(28)17-10-18(29-24-17)14-4-5-14/h10-11,13-14,23H,3-9H2,1-2H3. The maximum atomic E-state index is 12.7. The second-order valence-corrected chi connectivity index (χ2v) is 8.19. The van der Waals surface area contributed by atoms with Gasteiger partial charge in [-0.3, -0.25) is 14.7 Å². The molecule has 3 aromatic rings. The van der Waals surface area contributed by atoms with Gasteiger partial charge in [-0.2, -0.15) is 0 Å². The molecule has 0 aromatic carbocycles. The van der Waals surface area contributed by atoms with Gasteiger partial charge < -0.3 is 9.42 Å². The molecule has 8 heteroatoms. The Morgan fingerprint density at radius 1 is 1.21 bits per heavy atom. The van der Waals surface area contributed by atoms with E-state index < -0.39 is 0 Å². The van der Waals surface area contributed by atoms with Crippen LogP contribution in [0.5, 0.6) is 0 Å². The minimum absolute atomic E-state index is 0.0219. The maximum absolute atomic E-state index is 12.7. The van der Waals surface area contributed by atoms with Gasteiger partial charge in [0, 0.05) is 54.0 Å². The van der Waals surface area contributed by atoms with Crippen molar-refractivity contribution in [3.05, 3.63) is 50.9 Å². The number of nitrogens with one attached hydrogen (secondary N) is 1. The molecule has 0 radical (unpaired) electrons. The molecule has 8 nitrogen and oxygen atoms in total. The van der Waals surface area contributed by atoms with E-state index in [-0.39, 0.29) is 17.4 Å². The third-order valence-electron chi connectivity index (χ3n) is 6.24. The van der Waals surface area contributed by atoms with Gasteiger partial charge in [-0.1, -0.05) is 12.1 Å². The van der Waals surface area contributed by atoms with E-state index in [2.05, 4.69) is 15.2 Å². The molecule has 5 rings (SSSR count). The molecule has 1 saturated carbocycles. The van der Waals surface area contributed by atoms with E-state index in [0.29, 0.717) is 36.8 Å². The number of amides is 1. The lowest BCUT2D eigenvalue weighted by Crippen LogP contribution is -2.38. The van der Waals surface area contributed by atoms with Gasteiger partial charge in [0.25, 0.3) is 11.5 Å². The highest BCUT2D eigenvalue weighted by Crippen LogP contribution is 2.40. The summed E-state index contributed by atoms with van der Waals surface area (Å²) in [7, 11) is 0. The quantitative estimate of drug-likeness (QED) is 0.733. The number of likely N-dealkylation sites (tertiary alicyclic amines) is 1. The number of carbonyl (C=O) groups excluding carboxylic acids is 1. The minimum Gasteiger partial charge on any atom is -0.360 e. The van der Waals surface area contributed by atoms with Crippen molar-refractivity contribution in [2.24, 2.45) is 0 Å². The highest BCUT2D eigenvalue weighted by molar-refractivity contribution is 5.92. The largest absolute Gasteiger partial charge is 0.360 e. The zero-order chi connectivity index (χ0) is 20.1. The van der Waals surface area contributed by atoms with Crippen molar-refractivity contribution in [3.8, 4) is 0 Å². The van der Waals surface area contributed by atoms with Gasteiger partial charge in [-0.15, -0.1) is 0 Å². The number of aromatic nitrogens is 4. The second-order valence-electron chi connectivity index (χ2n) is 8.19. The minimum atomic E-state index is -0.0585. The van der Waals surface area contributed by atoms with Crippen molar-refractivity contribution in [2.75, 3.05) is 13.1 Å². The molecule has 1 aliphatic carbocycles. The van der Waals surface area contributed by atoms with Crippen molar-refractivity contribution in [1.82, 2.24) is 24.7 Å². The summed E-state index contributed by atoms with van der Waals surface area (Å²) in [5.74, 6) is 1.49. The molecule has 3 aromatic heterocycles. The molecule has 0 atom stereocenters. The zero-order valence-electron chi connectivity index (χ0n) is 16.8. The first-order valence-corrected chi connectivity index (χ1v) is 10.4. The summed E-state index contributed by atoms with van der Waals surface area (Å²) in [6.07, 6.45) is 4.58. The fourth-order valence-electron chi connectivity index (χ4n) is 4.31. The Bertz CT molecular complexity index is 1130. The molecule has 0 spiro atoms. The SMILES string of the molecule is CCc1c(C)nc2cc(C3CCN(C(=O)c4cc(C5CC5)on4)CC3)[nH]n2c1=O. The fourth-order valence-corrected chi connectivity index (χ4v) is 4.31. The average Bonchev–Trinajstić information content (AvgIpc) is 3.30. The van der Waals surface area contributed by atoms with E-state index in [9.17, 15) is 9.59 Å². The summed E-state index contributed by atoms with van der Waals surface area (Å²) in [5.41, 5.74) is 3.59. The van der Waals surface area contributed by atoms with Crippen LogP contribution in [0.4, 0.5) is 0 Å². The van der Waals surface area contributed by atoms with Gasteiger partial charge in [0.05, 0.1) is 0 Å². The molecular formula is C21H25N5O3. The van der Waals surface area contributed by atoms with Crippen LogP contribution in [-0.2, 0) is 6.42 Å². The molecular weight excluding hydrogens is 370 g/mol. The van der Waals surface area contributed by atoms with Crippen LogP contribution in [0, 0.1) is 6.92 Å². The fraction of sp³-hybridized carbons (Fsp3) is 0.524. The lowest BCUT2D eigenvalue weighted by atomic mass is 9.93. The molecule has 1 N–H and O–H groups in total. The number of aromatic amines is 1. The van der Waals surface area contributed by atoms with Gasteiger partial charge in [-0.25, -0.2) is 9.50 Å². The summed E-state index contributed by atoms with van der Waals surface area (Å²) < 4.78 is 6.87. The number of hydrogen-bond donors (Lipinski definition) is 1. The van der Waals surface area contributed by atoms with Crippen LogP contribution in [0.1, 0.15) is 77.6 Å². The Balaban J connectivity index is 1.30. The highest BCUT2D eigenvalue weighted by Gasteiger charge is 2.31. The van der Waals surface area contributed by atoms with E-state index in [0.717, 1.165) is 48.4 Å². The molecule has 29 heavy (non-hydrogen) atoms. The Kier molecular flexibility index (Phi) is 4.29. The lowest BCUT2D eigenvalue weighted by Gasteiger charge is -2.30. The topological polar surface area (TPSA) is 96.5 Å². The molecule has 2 fully saturated rings. The molecule has 4 heterocycles. The van der Waals surface area contributed by atoms with Crippen molar-refractivity contribution in [1.29, 1.82) is 0 Å².